The summed E-state index contributed by atoms with van der Waals surface area (Å²) in [6.07, 6.45) is 5.35. The predicted octanol–water partition coefficient (Wildman–Crippen LogP) is 11.1. The smallest absolute Gasteiger partial charge is 0.509 e. The number of fused-ring (bicyclic) bond motifs is 3. The van der Waals surface area contributed by atoms with Crippen LogP contribution in [0.4, 0.5) is 4.39 Å². The molecular weight excluding hydrogens is 714 g/mol. The fraction of sp³-hybridized carbons (Fsp3) is 0.256. The van der Waals surface area contributed by atoms with Crippen molar-refractivity contribution in [3.05, 3.63) is 132 Å². The van der Waals surface area contributed by atoms with Gasteiger partial charge >= 0.3 is 20.4 Å². The monoisotopic (exact) mass is 754 g/mol. The number of pyridine rings is 1. The van der Waals surface area contributed by atoms with Crippen molar-refractivity contribution >= 4 is 21.8 Å². The molecule has 0 unspecified atom stereocenters. The van der Waals surface area contributed by atoms with Gasteiger partial charge in [-0.25, -0.2) is 9.37 Å². The molecule has 0 atom stereocenters. The number of benzene rings is 4. The van der Waals surface area contributed by atoms with Crippen LogP contribution in [0.25, 0.3) is 44.4 Å². The van der Waals surface area contributed by atoms with Crippen LogP contribution in [0.1, 0.15) is 70.0 Å². The van der Waals surface area contributed by atoms with Crippen LogP contribution in [0.15, 0.2) is 91.1 Å². The number of rotatable bonds is 9. The first-order valence-corrected chi connectivity index (χ1v) is 17.2. The Morgan fingerprint density at radius 3 is 2.36 bits per heavy atom. The van der Waals surface area contributed by atoms with Gasteiger partial charge < -0.3 is 9.30 Å². The molecule has 0 saturated heterocycles. The summed E-state index contributed by atoms with van der Waals surface area (Å²) in [5.41, 5.74) is 9.62. The van der Waals surface area contributed by atoms with E-state index >= 15 is 0 Å². The summed E-state index contributed by atoms with van der Waals surface area (Å²) in [6.45, 7) is 13.2. The van der Waals surface area contributed by atoms with Crippen molar-refractivity contribution < 1.29 is 29.6 Å². The Balaban J connectivity index is 0.00000432. The van der Waals surface area contributed by atoms with Gasteiger partial charge in [-0.2, -0.15) is 16.7 Å². The number of aromatic nitrogens is 4. The molecule has 0 radical (unpaired) electrons. The van der Waals surface area contributed by atoms with Gasteiger partial charge in [-0.15, -0.1) is 35.7 Å². The number of unbranched alkanes of at least 4 members (excludes halogenated alkanes) is 1. The van der Waals surface area contributed by atoms with Gasteiger partial charge in [0.1, 0.15) is 11.6 Å². The average Bonchev–Trinajstić information content (AvgIpc) is 3.62. The number of nitrogens with zero attached hydrogens (tertiary/aromatic N) is 4. The molecule has 0 aliphatic rings. The third kappa shape index (κ3) is 6.78. The molecule has 256 valence electrons. The standard InChI is InChI=1S/C43H41FN4O.Pd/c1-7-9-13-39-42(29-15-17-30(18-16-29)43(4,5)6)37(8-2)46-48(39)32-23-28(3)24-34(26-32)49-33-19-20-36-35-12-10-11-14-38(35)47(40(36)27-33)41-25-31(44)21-22-45-41;/h10-12,14-25H,7-9,13H2,1-6H3;/q-2;+2. The molecule has 3 aromatic heterocycles. The van der Waals surface area contributed by atoms with Crippen molar-refractivity contribution in [1.82, 2.24) is 19.3 Å². The number of para-hydroxylation sites is 1. The van der Waals surface area contributed by atoms with Gasteiger partial charge in [0.05, 0.1) is 5.69 Å². The van der Waals surface area contributed by atoms with E-state index in [4.69, 9.17) is 9.84 Å². The van der Waals surface area contributed by atoms with Crippen molar-refractivity contribution in [2.24, 2.45) is 0 Å². The Hall–Kier alpha value is -4.57. The molecule has 0 saturated carbocycles. The third-order valence-electron chi connectivity index (χ3n) is 9.11. The van der Waals surface area contributed by atoms with E-state index in [0.29, 0.717) is 17.3 Å². The van der Waals surface area contributed by atoms with Crippen LogP contribution >= 0.6 is 0 Å². The number of hydrogen-bond donors (Lipinski definition) is 0. The van der Waals surface area contributed by atoms with Crippen LogP contribution in [-0.2, 0) is 38.7 Å². The molecule has 0 aliphatic carbocycles. The third-order valence-corrected chi connectivity index (χ3v) is 9.11. The van der Waals surface area contributed by atoms with Crippen LogP contribution < -0.4 is 4.74 Å². The summed E-state index contributed by atoms with van der Waals surface area (Å²) in [7, 11) is 0. The van der Waals surface area contributed by atoms with Gasteiger partial charge in [0, 0.05) is 40.5 Å². The second-order valence-corrected chi connectivity index (χ2v) is 13.7. The van der Waals surface area contributed by atoms with E-state index in [9.17, 15) is 4.39 Å². The molecule has 7 heteroatoms. The molecule has 5 nitrogen and oxygen atoms in total. The van der Waals surface area contributed by atoms with Crippen molar-refractivity contribution in [3.63, 3.8) is 0 Å². The predicted molar refractivity (Wildman–Crippen MR) is 197 cm³/mol. The van der Waals surface area contributed by atoms with Crippen molar-refractivity contribution in [3.8, 4) is 34.1 Å². The minimum atomic E-state index is -0.349. The van der Waals surface area contributed by atoms with Gasteiger partial charge in [0.2, 0.25) is 0 Å². The second-order valence-electron chi connectivity index (χ2n) is 13.7. The number of hydrogen-bond acceptors (Lipinski definition) is 3. The molecule has 7 aromatic rings. The molecule has 0 N–H and O–H groups in total. The van der Waals surface area contributed by atoms with Crippen molar-refractivity contribution in [2.45, 2.75) is 72.6 Å². The van der Waals surface area contributed by atoms with Gasteiger partial charge in [-0.1, -0.05) is 95.9 Å². The summed E-state index contributed by atoms with van der Waals surface area (Å²) in [6, 6.07) is 34.8. The Morgan fingerprint density at radius 2 is 1.64 bits per heavy atom. The minimum Gasteiger partial charge on any atom is -0.509 e. The first-order valence-electron chi connectivity index (χ1n) is 17.2. The zero-order valence-corrected chi connectivity index (χ0v) is 30.9. The van der Waals surface area contributed by atoms with E-state index in [-0.39, 0.29) is 31.7 Å². The number of halogens is 1. The molecule has 3 heterocycles. The van der Waals surface area contributed by atoms with Gasteiger partial charge in [-0.05, 0) is 59.0 Å². The quantitative estimate of drug-likeness (QED) is 0.109. The topological polar surface area (TPSA) is 44.9 Å². The van der Waals surface area contributed by atoms with Gasteiger partial charge in [-0.3, -0.25) is 4.68 Å². The van der Waals surface area contributed by atoms with E-state index in [2.05, 4.69) is 99.7 Å². The summed E-state index contributed by atoms with van der Waals surface area (Å²) in [5.74, 6) is 1.24. The van der Waals surface area contributed by atoms with Crippen molar-refractivity contribution in [1.29, 1.82) is 0 Å². The Morgan fingerprint density at radius 1 is 0.860 bits per heavy atom. The van der Waals surface area contributed by atoms with Crippen LogP contribution in [0, 0.1) is 24.9 Å². The van der Waals surface area contributed by atoms with Crippen molar-refractivity contribution in [2.75, 3.05) is 0 Å². The molecule has 0 aliphatic heterocycles. The second kappa shape index (κ2) is 14.3. The summed E-state index contributed by atoms with van der Waals surface area (Å²) >= 11 is 0. The van der Waals surface area contributed by atoms with E-state index in [1.54, 1.807) is 0 Å². The van der Waals surface area contributed by atoms with Crippen LogP contribution in [0.5, 0.6) is 11.5 Å². The molecular formula is C43H41FN4OPd. The molecule has 4 aromatic carbocycles. The van der Waals surface area contributed by atoms with E-state index in [1.807, 2.05) is 41.0 Å². The molecule has 0 fully saturated rings. The maximum absolute atomic E-state index is 14.3. The average molecular weight is 755 g/mol. The maximum Gasteiger partial charge on any atom is 2.00 e. The molecule has 0 bridgehead atoms. The van der Waals surface area contributed by atoms with E-state index < -0.39 is 0 Å². The van der Waals surface area contributed by atoms with Gasteiger partial charge in [0.15, 0.2) is 0 Å². The van der Waals surface area contributed by atoms with Crippen LogP contribution in [0.3, 0.4) is 0 Å². The summed E-state index contributed by atoms with van der Waals surface area (Å²) in [5, 5.41) is 7.20. The maximum atomic E-state index is 14.3. The largest absolute Gasteiger partial charge is 2.00 e. The zero-order valence-electron chi connectivity index (χ0n) is 29.4. The van der Waals surface area contributed by atoms with E-state index in [1.165, 1.54) is 40.7 Å². The number of aryl methyl sites for hydroxylation is 2. The fourth-order valence-electron chi connectivity index (χ4n) is 6.63. The van der Waals surface area contributed by atoms with Crippen LogP contribution in [0.2, 0.25) is 0 Å². The zero-order chi connectivity index (χ0) is 34.3. The van der Waals surface area contributed by atoms with Gasteiger partial charge in [0.25, 0.3) is 0 Å². The fourth-order valence-corrected chi connectivity index (χ4v) is 6.63. The molecule has 0 spiro atoms. The Kier molecular flexibility index (Phi) is 10.1. The Labute approximate surface area is 307 Å². The minimum absolute atomic E-state index is 0. The summed E-state index contributed by atoms with van der Waals surface area (Å²) in [4.78, 5) is 4.48. The van der Waals surface area contributed by atoms with E-state index in [0.717, 1.165) is 64.4 Å². The molecule has 50 heavy (non-hydrogen) atoms. The first-order chi connectivity index (χ1) is 23.6. The first kappa shape index (κ1) is 35.3. The SMILES string of the molecule is CCCCc1c(-c2ccc(C(C)(C)C)cc2)c(CC)nn1-c1[c-]c(Oc2[c-]c3c(cc2)c2ccccc2n3-c2cc(F)ccn2)cc(C)c1.[Pd+2]. The molecule has 7 rings (SSSR count). The summed E-state index contributed by atoms with van der Waals surface area (Å²) < 4.78 is 24.8. The Bertz CT molecular complexity index is 2300. The number of ether oxygens (including phenoxy) is 1. The van der Waals surface area contributed by atoms with Crippen LogP contribution in [-0.4, -0.2) is 19.3 Å². The normalized spacial score (nSPS) is 11.7. The molecule has 0 amide bonds.